The normalized spacial score (nSPS) is 11.9. The molecule has 0 spiro atoms. The second-order valence-corrected chi connectivity index (χ2v) is 5.99. The second kappa shape index (κ2) is 4.34. The molecule has 2 heterocycles. The van der Waals surface area contributed by atoms with E-state index in [-0.39, 0.29) is 5.41 Å². The highest BCUT2D eigenvalue weighted by molar-refractivity contribution is 5.78. The van der Waals surface area contributed by atoms with Crippen molar-refractivity contribution in [2.75, 3.05) is 5.73 Å². The molecule has 1 aromatic carbocycles. The van der Waals surface area contributed by atoms with Gasteiger partial charge in [0.15, 0.2) is 5.65 Å². The molecule has 3 aromatic rings. The molecule has 0 fully saturated rings. The number of hydrogen-bond donors (Lipinski definition) is 2. The van der Waals surface area contributed by atoms with Crippen LogP contribution in [0.5, 0.6) is 0 Å². The van der Waals surface area contributed by atoms with Crippen LogP contribution in [0.25, 0.3) is 22.6 Å². The lowest BCUT2D eigenvalue weighted by Crippen LogP contribution is -2.12. The predicted molar refractivity (Wildman–Crippen MR) is 82.4 cm³/mol. The summed E-state index contributed by atoms with van der Waals surface area (Å²) in [6.07, 6.45) is 0. The lowest BCUT2D eigenvalue weighted by Gasteiger charge is -2.21. The number of imidazole rings is 1. The molecule has 0 saturated carbocycles. The van der Waals surface area contributed by atoms with E-state index in [4.69, 9.17) is 5.73 Å². The summed E-state index contributed by atoms with van der Waals surface area (Å²) in [4.78, 5) is 12.1. The number of nitrogen functional groups attached to an aromatic ring is 1. The summed E-state index contributed by atoms with van der Waals surface area (Å²) in [6.45, 7) is 6.60. The molecule has 0 bridgehead atoms. The van der Waals surface area contributed by atoms with Crippen molar-refractivity contribution in [3.8, 4) is 11.4 Å². The Morgan fingerprint density at radius 3 is 2.50 bits per heavy atom. The minimum Gasteiger partial charge on any atom is -0.384 e. The van der Waals surface area contributed by atoms with Gasteiger partial charge in [-0.3, -0.25) is 0 Å². The van der Waals surface area contributed by atoms with Crippen LogP contribution >= 0.6 is 0 Å². The Labute approximate surface area is 118 Å². The highest BCUT2D eigenvalue weighted by Crippen LogP contribution is 2.32. The van der Waals surface area contributed by atoms with Gasteiger partial charge in [-0.15, -0.1) is 0 Å². The molecule has 4 heteroatoms. The summed E-state index contributed by atoms with van der Waals surface area (Å²) in [5, 5.41) is 0. The monoisotopic (exact) mass is 266 g/mol. The molecule has 0 aliphatic rings. The standard InChI is InChI=1S/C16H18N4/c1-16(2,3)11-7-5-4-6-10(11)14-18-12-8-9-13(17)19-15(12)20-14/h4-9H,1-3H3,(H3,17,18,19,20). The molecular weight excluding hydrogens is 248 g/mol. The van der Waals surface area contributed by atoms with Gasteiger partial charge in [-0.2, -0.15) is 0 Å². The molecule has 0 radical (unpaired) electrons. The Morgan fingerprint density at radius 2 is 1.75 bits per heavy atom. The van der Waals surface area contributed by atoms with E-state index < -0.39 is 0 Å². The van der Waals surface area contributed by atoms with Gasteiger partial charge >= 0.3 is 0 Å². The van der Waals surface area contributed by atoms with Gasteiger partial charge in [0, 0.05) is 5.56 Å². The van der Waals surface area contributed by atoms with Crippen LogP contribution in [0.1, 0.15) is 26.3 Å². The number of nitrogens with one attached hydrogen (secondary N) is 1. The average Bonchev–Trinajstić information content (AvgIpc) is 2.80. The van der Waals surface area contributed by atoms with Crippen LogP contribution in [0.2, 0.25) is 0 Å². The molecule has 3 N–H and O–H groups in total. The number of nitrogens with two attached hydrogens (primary N) is 1. The average molecular weight is 266 g/mol. The fourth-order valence-electron chi connectivity index (χ4n) is 2.38. The molecule has 0 atom stereocenters. The van der Waals surface area contributed by atoms with E-state index in [9.17, 15) is 0 Å². The highest BCUT2D eigenvalue weighted by atomic mass is 15.0. The van der Waals surface area contributed by atoms with E-state index in [0.717, 1.165) is 16.9 Å². The van der Waals surface area contributed by atoms with Gasteiger partial charge in [0.2, 0.25) is 0 Å². The number of benzene rings is 1. The molecule has 4 nitrogen and oxygen atoms in total. The van der Waals surface area contributed by atoms with E-state index in [1.807, 2.05) is 12.1 Å². The maximum Gasteiger partial charge on any atom is 0.180 e. The van der Waals surface area contributed by atoms with Gasteiger partial charge in [-0.05, 0) is 23.1 Å². The SMILES string of the molecule is CC(C)(C)c1ccccc1-c1nc2nc(N)ccc2[nH]1. The lowest BCUT2D eigenvalue weighted by molar-refractivity contribution is 0.591. The van der Waals surface area contributed by atoms with Gasteiger partial charge in [0.05, 0.1) is 5.52 Å². The van der Waals surface area contributed by atoms with Gasteiger partial charge < -0.3 is 10.7 Å². The first-order valence-electron chi connectivity index (χ1n) is 6.67. The van der Waals surface area contributed by atoms with Gasteiger partial charge in [-0.1, -0.05) is 45.0 Å². The zero-order chi connectivity index (χ0) is 14.3. The molecule has 3 rings (SSSR count). The highest BCUT2D eigenvalue weighted by Gasteiger charge is 2.20. The van der Waals surface area contributed by atoms with E-state index in [0.29, 0.717) is 11.5 Å². The molecule has 20 heavy (non-hydrogen) atoms. The molecule has 0 amide bonds. The first-order chi connectivity index (χ1) is 9.45. The Kier molecular flexibility index (Phi) is 2.74. The zero-order valence-electron chi connectivity index (χ0n) is 11.9. The number of H-pyrrole nitrogens is 1. The van der Waals surface area contributed by atoms with Crippen molar-refractivity contribution >= 4 is 17.0 Å². The Hall–Kier alpha value is -2.36. The van der Waals surface area contributed by atoms with Crippen LogP contribution in [-0.4, -0.2) is 15.0 Å². The molecule has 0 saturated heterocycles. The summed E-state index contributed by atoms with van der Waals surface area (Å²) >= 11 is 0. The molecular formula is C16H18N4. The van der Waals surface area contributed by atoms with E-state index >= 15 is 0 Å². The van der Waals surface area contributed by atoms with Crippen molar-refractivity contribution in [3.05, 3.63) is 42.0 Å². The number of hydrogen-bond acceptors (Lipinski definition) is 3. The van der Waals surface area contributed by atoms with Gasteiger partial charge in [0.25, 0.3) is 0 Å². The lowest BCUT2D eigenvalue weighted by atomic mass is 9.83. The zero-order valence-corrected chi connectivity index (χ0v) is 11.9. The topological polar surface area (TPSA) is 67.6 Å². The van der Waals surface area contributed by atoms with Crippen molar-refractivity contribution in [2.45, 2.75) is 26.2 Å². The van der Waals surface area contributed by atoms with Crippen molar-refractivity contribution in [2.24, 2.45) is 0 Å². The number of anilines is 1. The number of fused-ring (bicyclic) bond motifs is 1. The Bertz CT molecular complexity index is 765. The molecule has 0 aliphatic heterocycles. The summed E-state index contributed by atoms with van der Waals surface area (Å²) in [6, 6.07) is 12.0. The Balaban J connectivity index is 2.21. The first-order valence-corrected chi connectivity index (χ1v) is 6.67. The number of nitrogens with zero attached hydrogens (tertiary/aromatic N) is 2. The van der Waals surface area contributed by atoms with Crippen LogP contribution in [0.4, 0.5) is 5.82 Å². The van der Waals surface area contributed by atoms with Crippen LogP contribution in [0, 0.1) is 0 Å². The smallest absolute Gasteiger partial charge is 0.180 e. The summed E-state index contributed by atoms with van der Waals surface area (Å²) in [5.41, 5.74) is 9.69. The largest absolute Gasteiger partial charge is 0.384 e. The number of rotatable bonds is 1. The minimum absolute atomic E-state index is 0.0576. The quantitative estimate of drug-likeness (QED) is 0.708. The predicted octanol–water partition coefficient (Wildman–Crippen LogP) is 3.50. The van der Waals surface area contributed by atoms with E-state index in [1.54, 1.807) is 6.07 Å². The van der Waals surface area contributed by atoms with Crippen molar-refractivity contribution in [1.82, 2.24) is 15.0 Å². The van der Waals surface area contributed by atoms with E-state index in [2.05, 4.69) is 53.9 Å². The van der Waals surface area contributed by atoms with Crippen molar-refractivity contribution in [3.63, 3.8) is 0 Å². The fraction of sp³-hybridized carbons (Fsp3) is 0.250. The van der Waals surface area contributed by atoms with Crippen LogP contribution < -0.4 is 5.73 Å². The third kappa shape index (κ3) is 2.13. The van der Waals surface area contributed by atoms with Crippen molar-refractivity contribution < 1.29 is 0 Å². The van der Waals surface area contributed by atoms with Crippen molar-refractivity contribution in [1.29, 1.82) is 0 Å². The van der Waals surface area contributed by atoms with E-state index in [1.165, 1.54) is 5.56 Å². The third-order valence-corrected chi connectivity index (χ3v) is 3.36. The van der Waals surface area contributed by atoms with Crippen LogP contribution in [-0.2, 0) is 5.41 Å². The van der Waals surface area contributed by atoms with Gasteiger partial charge in [-0.25, -0.2) is 9.97 Å². The second-order valence-electron chi connectivity index (χ2n) is 5.99. The fourth-order valence-corrected chi connectivity index (χ4v) is 2.38. The number of aromatic nitrogens is 3. The minimum atomic E-state index is 0.0576. The maximum absolute atomic E-state index is 5.71. The summed E-state index contributed by atoms with van der Waals surface area (Å²) in [5.74, 6) is 1.32. The molecule has 0 unspecified atom stereocenters. The number of aromatic amines is 1. The third-order valence-electron chi connectivity index (χ3n) is 3.36. The maximum atomic E-state index is 5.71. The van der Waals surface area contributed by atoms with Crippen LogP contribution in [0.3, 0.4) is 0 Å². The number of pyridine rings is 1. The Morgan fingerprint density at radius 1 is 1.00 bits per heavy atom. The van der Waals surface area contributed by atoms with Gasteiger partial charge in [0.1, 0.15) is 11.6 Å². The first kappa shape index (κ1) is 12.7. The molecule has 2 aromatic heterocycles. The molecule has 0 aliphatic carbocycles. The summed E-state index contributed by atoms with van der Waals surface area (Å²) in [7, 11) is 0. The van der Waals surface area contributed by atoms with Crippen LogP contribution in [0.15, 0.2) is 36.4 Å². The summed E-state index contributed by atoms with van der Waals surface area (Å²) < 4.78 is 0. The molecule has 102 valence electrons.